The summed E-state index contributed by atoms with van der Waals surface area (Å²) in [5.41, 5.74) is 0. The Morgan fingerprint density at radius 1 is 1.41 bits per heavy atom. The van der Waals surface area contributed by atoms with Crippen LogP contribution in [0.5, 0.6) is 0 Å². The first kappa shape index (κ1) is 16.2. The Morgan fingerprint density at radius 2 is 2.00 bits per heavy atom. The maximum absolute atomic E-state index is 11.7. The van der Waals surface area contributed by atoms with Gasteiger partial charge in [0.15, 0.2) is 0 Å². The van der Waals surface area contributed by atoms with E-state index in [2.05, 4.69) is 9.47 Å². The predicted molar refractivity (Wildman–Crippen MR) is 55.6 cm³/mol. The summed E-state index contributed by atoms with van der Waals surface area (Å²) in [4.78, 5) is 12.8. The van der Waals surface area contributed by atoms with Gasteiger partial charge in [-0.1, -0.05) is 6.92 Å². The second-order valence-corrected chi connectivity index (χ2v) is 3.85. The fraction of sp³-hybridized carbons (Fsp3) is 0.900. The lowest BCUT2D eigenvalue weighted by molar-refractivity contribution is -0.174. The number of carbonyl (C=O) groups is 1. The monoisotopic (exact) mass is 257 g/mol. The van der Waals surface area contributed by atoms with Gasteiger partial charge >= 0.3 is 12.1 Å². The minimum Gasteiger partial charge on any atom is -0.469 e. The molecule has 1 atom stereocenters. The molecule has 1 unspecified atom stereocenters. The first-order valence-electron chi connectivity index (χ1n) is 5.17. The SMILES string of the molecule is COC(=O)C(C)CN(C)CCOCC(F)(F)F. The molecule has 0 aromatic rings. The molecule has 0 bridgehead atoms. The van der Waals surface area contributed by atoms with Gasteiger partial charge in [-0.25, -0.2) is 0 Å². The van der Waals surface area contributed by atoms with E-state index in [0.29, 0.717) is 13.1 Å². The molecule has 17 heavy (non-hydrogen) atoms. The minimum atomic E-state index is -4.29. The Hall–Kier alpha value is -0.820. The fourth-order valence-corrected chi connectivity index (χ4v) is 1.24. The summed E-state index contributed by atoms with van der Waals surface area (Å²) >= 11 is 0. The van der Waals surface area contributed by atoms with Gasteiger partial charge in [-0.3, -0.25) is 4.79 Å². The molecule has 0 fully saturated rings. The number of nitrogens with zero attached hydrogens (tertiary/aromatic N) is 1. The van der Waals surface area contributed by atoms with Crippen LogP contribution >= 0.6 is 0 Å². The highest BCUT2D eigenvalue weighted by Crippen LogP contribution is 2.14. The number of methoxy groups -OCH3 is 1. The van der Waals surface area contributed by atoms with Crippen LogP contribution in [0.3, 0.4) is 0 Å². The maximum Gasteiger partial charge on any atom is 0.411 e. The van der Waals surface area contributed by atoms with Crippen molar-refractivity contribution in [1.82, 2.24) is 4.90 Å². The first-order valence-corrected chi connectivity index (χ1v) is 5.17. The van der Waals surface area contributed by atoms with Crippen molar-refractivity contribution >= 4 is 5.97 Å². The molecule has 0 amide bonds. The van der Waals surface area contributed by atoms with Gasteiger partial charge in [0.1, 0.15) is 6.61 Å². The van der Waals surface area contributed by atoms with E-state index in [4.69, 9.17) is 0 Å². The summed E-state index contributed by atoms with van der Waals surface area (Å²) in [6.45, 7) is 1.18. The zero-order chi connectivity index (χ0) is 13.5. The number of ether oxygens (including phenoxy) is 2. The number of carbonyl (C=O) groups excluding carboxylic acids is 1. The van der Waals surface area contributed by atoms with Gasteiger partial charge in [-0.05, 0) is 7.05 Å². The Kier molecular flexibility index (Phi) is 7.13. The number of alkyl halides is 3. The molecular formula is C10H18F3NO3. The van der Waals surface area contributed by atoms with Crippen molar-refractivity contribution in [1.29, 1.82) is 0 Å². The summed E-state index contributed by atoms with van der Waals surface area (Å²) in [5.74, 6) is -0.652. The molecule has 0 rings (SSSR count). The molecule has 0 aliphatic rings. The smallest absolute Gasteiger partial charge is 0.411 e. The van der Waals surface area contributed by atoms with Crippen LogP contribution in [-0.2, 0) is 14.3 Å². The van der Waals surface area contributed by atoms with E-state index in [0.717, 1.165) is 0 Å². The number of hydrogen-bond donors (Lipinski definition) is 0. The van der Waals surface area contributed by atoms with Crippen LogP contribution < -0.4 is 0 Å². The molecule has 0 saturated carbocycles. The van der Waals surface area contributed by atoms with Gasteiger partial charge in [-0.2, -0.15) is 13.2 Å². The topological polar surface area (TPSA) is 38.8 Å². The lowest BCUT2D eigenvalue weighted by Gasteiger charge is -2.19. The molecule has 0 aliphatic carbocycles. The summed E-state index contributed by atoms with van der Waals surface area (Å²) in [6, 6.07) is 0. The molecule has 0 spiro atoms. The van der Waals surface area contributed by atoms with Crippen molar-refractivity contribution in [3.8, 4) is 0 Å². The molecule has 0 aromatic heterocycles. The third-order valence-electron chi connectivity index (χ3n) is 2.07. The Labute approximate surface area is 98.7 Å². The van der Waals surface area contributed by atoms with Crippen LogP contribution in [0.4, 0.5) is 13.2 Å². The Morgan fingerprint density at radius 3 is 2.47 bits per heavy atom. The normalized spacial score (nSPS) is 13.8. The summed E-state index contributed by atoms with van der Waals surface area (Å²) in [7, 11) is 3.00. The van der Waals surface area contributed by atoms with Crippen molar-refractivity contribution in [3.05, 3.63) is 0 Å². The summed E-state index contributed by atoms with van der Waals surface area (Å²) in [5, 5.41) is 0. The van der Waals surface area contributed by atoms with Crippen LogP contribution in [0.15, 0.2) is 0 Å². The Balaban J connectivity index is 3.66. The molecule has 7 heteroatoms. The number of halogens is 3. The number of esters is 1. The standard InChI is InChI=1S/C10H18F3NO3/c1-8(9(15)16-3)6-14(2)4-5-17-7-10(11,12)13/h8H,4-7H2,1-3H3. The quantitative estimate of drug-likeness (QED) is 0.509. The third kappa shape index (κ3) is 8.93. The molecule has 0 aromatic carbocycles. The van der Waals surface area contributed by atoms with Crippen LogP contribution in [0.1, 0.15) is 6.92 Å². The maximum atomic E-state index is 11.7. The lowest BCUT2D eigenvalue weighted by atomic mass is 10.2. The molecule has 4 nitrogen and oxygen atoms in total. The van der Waals surface area contributed by atoms with Crippen molar-refractivity contribution in [3.63, 3.8) is 0 Å². The highest BCUT2D eigenvalue weighted by molar-refractivity contribution is 5.71. The molecule has 0 radical (unpaired) electrons. The molecule has 0 saturated heterocycles. The molecule has 0 heterocycles. The van der Waals surface area contributed by atoms with E-state index < -0.39 is 12.8 Å². The van der Waals surface area contributed by atoms with Crippen molar-refractivity contribution in [2.24, 2.45) is 5.92 Å². The van der Waals surface area contributed by atoms with E-state index in [9.17, 15) is 18.0 Å². The van der Waals surface area contributed by atoms with Gasteiger partial charge in [0.25, 0.3) is 0 Å². The average Bonchev–Trinajstić information content (AvgIpc) is 2.21. The first-order chi connectivity index (χ1) is 7.76. The molecular weight excluding hydrogens is 239 g/mol. The van der Waals surface area contributed by atoms with Crippen LogP contribution in [0.25, 0.3) is 0 Å². The Bertz CT molecular complexity index is 233. The van der Waals surface area contributed by atoms with E-state index in [-0.39, 0.29) is 18.5 Å². The number of rotatable bonds is 7. The predicted octanol–water partition coefficient (Wildman–Crippen LogP) is 1.31. The highest BCUT2D eigenvalue weighted by atomic mass is 19.4. The minimum absolute atomic E-state index is 0.0239. The van der Waals surface area contributed by atoms with Crippen LogP contribution in [-0.4, -0.2) is 57.5 Å². The zero-order valence-electron chi connectivity index (χ0n) is 10.2. The van der Waals surface area contributed by atoms with Crippen molar-refractivity contribution in [2.75, 3.05) is 40.5 Å². The largest absolute Gasteiger partial charge is 0.469 e. The van der Waals surface area contributed by atoms with Gasteiger partial charge < -0.3 is 14.4 Å². The second kappa shape index (κ2) is 7.50. The third-order valence-corrected chi connectivity index (χ3v) is 2.07. The molecule has 0 N–H and O–H groups in total. The van der Waals surface area contributed by atoms with Crippen molar-refractivity contribution in [2.45, 2.75) is 13.1 Å². The molecule has 0 aliphatic heterocycles. The highest BCUT2D eigenvalue weighted by Gasteiger charge is 2.27. The number of likely N-dealkylation sites (N-methyl/N-ethyl adjacent to an activating group) is 1. The van der Waals surface area contributed by atoms with E-state index in [1.165, 1.54) is 7.11 Å². The lowest BCUT2D eigenvalue weighted by Crippen LogP contribution is -2.32. The number of hydrogen-bond acceptors (Lipinski definition) is 4. The van der Waals surface area contributed by atoms with E-state index in [1.54, 1.807) is 18.9 Å². The van der Waals surface area contributed by atoms with Crippen LogP contribution in [0, 0.1) is 5.92 Å². The average molecular weight is 257 g/mol. The summed E-state index contributed by atoms with van der Waals surface area (Å²) in [6.07, 6.45) is -4.29. The van der Waals surface area contributed by atoms with Gasteiger partial charge in [0, 0.05) is 13.1 Å². The fourth-order valence-electron chi connectivity index (χ4n) is 1.24. The van der Waals surface area contributed by atoms with Gasteiger partial charge in [0.2, 0.25) is 0 Å². The van der Waals surface area contributed by atoms with Gasteiger partial charge in [0.05, 0.1) is 19.6 Å². The molecule has 102 valence electrons. The second-order valence-electron chi connectivity index (χ2n) is 3.85. The van der Waals surface area contributed by atoms with E-state index in [1.807, 2.05) is 0 Å². The van der Waals surface area contributed by atoms with E-state index >= 15 is 0 Å². The zero-order valence-corrected chi connectivity index (χ0v) is 10.2. The van der Waals surface area contributed by atoms with Crippen LogP contribution in [0.2, 0.25) is 0 Å². The van der Waals surface area contributed by atoms with Gasteiger partial charge in [-0.15, -0.1) is 0 Å². The van der Waals surface area contributed by atoms with Crippen molar-refractivity contribution < 1.29 is 27.4 Å². The summed E-state index contributed by atoms with van der Waals surface area (Å²) < 4.78 is 44.2.